The summed E-state index contributed by atoms with van der Waals surface area (Å²) in [5.74, 6) is -25.5. The van der Waals surface area contributed by atoms with Crippen molar-refractivity contribution in [2.45, 2.75) is 273 Å². The van der Waals surface area contributed by atoms with Crippen molar-refractivity contribution in [2.24, 2.45) is 40.3 Å². The van der Waals surface area contributed by atoms with Crippen LogP contribution < -0.4 is 114 Å². The van der Waals surface area contributed by atoms with E-state index in [0.29, 0.717) is 45.1 Å². The third kappa shape index (κ3) is 41.8. The third-order valence-corrected chi connectivity index (χ3v) is 21.7. The Labute approximate surface area is 791 Å². The minimum atomic E-state index is -2.05. The summed E-state index contributed by atoms with van der Waals surface area (Å²) >= 11 is 0. The Morgan fingerprint density at radius 3 is 1.14 bits per heavy atom. The predicted molar refractivity (Wildman–Crippen MR) is 487 cm³/mol. The average molecular weight is 1950 g/mol. The molecule has 0 aliphatic rings. The van der Waals surface area contributed by atoms with Crippen molar-refractivity contribution < 1.29 is 136 Å². The lowest BCUT2D eigenvalue weighted by molar-refractivity contribution is -0.140. The Kier molecular flexibility index (Phi) is 50.5. The largest absolute Gasteiger partial charge is 0.508 e. The highest BCUT2D eigenvalue weighted by molar-refractivity contribution is 6.01. The first-order chi connectivity index (χ1) is 65.3. The van der Waals surface area contributed by atoms with Crippen LogP contribution in [0, 0.1) is 5.92 Å². The van der Waals surface area contributed by atoms with Crippen LogP contribution in [0.1, 0.15) is 187 Å². The number of aromatic hydroxyl groups is 2. The normalized spacial score (nSPS) is 14.4. The van der Waals surface area contributed by atoms with Gasteiger partial charge >= 0.3 is 35.5 Å². The topological polar surface area (TPSA) is 868 Å². The molecule has 0 aliphatic carbocycles. The summed E-state index contributed by atoms with van der Waals surface area (Å²) in [6, 6.07) is -12.9. The molecule has 33 N–H and O–H groups in total. The Bertz CT molecular complexity index is 4920. The number of aromatic nitrogens is 3. The Balaban J connectivity index is 1.72. The summed E-state index contributed by atoms with van der Waals surface area (Å²) in [5, 5.41) is 111. The number of nitrogens with one attached hydrogen (secondary N) is 14. The van der Waals surface area contributed by atoms with Crippen molar-refractivity contribution in [1.29, 1.82) is 0 Å². The number of fused-ring (bicyclic) bond motifs is 1. The van der Waals surface area contributed by atoms with E-state index in [1.165, 1.54) is 56.3 Å². The molecule has 2 aromatic heterocycles. The number of carbonyl (C=O) groups excluding carboxylic acids is 15. The molecule has 2 heterocycles. The van der Waals surface area contributed by atoms with Gasteiger partial charge in [-0.25, -0.2) is 9.48 Å². The second-order valence-corrected chi connectivity index (χ2v) is 32.9. The van der Waals surface area contributed by atoms with Gasteiger partial charge < -0.3 is 149 Å². The summed E-state index contributed by atoms with van der Waals surface area (Å²) in [7, 11) is 0. The van der Waals surface area contributed by atoms with Gasteiger partial charge in [-0.05, 0) is 191 Å². The summed E-state index contributed by atoms with van der Waals surface area (Å²) in [6.45, 7) is 5.14. The molecule has 2 aromatic carbocycles. The van der Waals surface area contributed by atoms with Crippen molar-refractivity contribution in [1.82, 2.24) is 89.4 Å². The minimum absolute atomic E-state index is 0.0407. The average Bonchev–Trinajstić information content (AvgIpc) is 1.50. The standard InChI is InChI=1S/C86H129N23O29/c1-5-44(2)71(106-83(134)60(28-33-70(121)122)102-82(133)59(27-32-69(119)120)101-81(132)58(26-31-68(117)118)97-73(124)45(3)91)85(136)105-61(38-47-18-21-50(110)22-19-47)75(126)93-42-65(112)95-56(24-29-66(113)114)80(131)104-62(40-49-43-109(108-107-49)63-39-48-20-23-51(111)41-64(48)138-86(63)137)84(135)103-57(25-30-67(115)116)76(127)94-46(4)74(125)98-53(15-7-11-35-88)78(129)100-55(17-9-13-37-90)79(130)99-54(16-8-12-36-89)77(128)96-52(72(92)123)14-6-10-34-87/h18-23,39,41,43-46,52-62,71,110-111H,5-17,24-38,40,42,87-91H2,1-4H3,(H2,92,123)(H,93,126)(H,94,127)(H,95,112)(H,96,128)(H,97,124)(H,98,125)(H,99,130)(H,100,129)(H,101,132)(H,102,133)(H,103,135)(H,104,131)(H,105,136)(H,106,134)(H,113,114)(H,115,116)(H,117,118)(H,119,120)(H,121,122)/t44-,45-,46-,52-,53-,54-,55-,56-,57-,58-,59-,60-,61-,62-,71-/m0/s1. The molecule has 0 spiro atoms. The zero-order chi connectivity index (χ0) is 103. The van der Waals surface area contributed by atoms with E-state index in [-0.39, 0.29) is 104 Å². The smallest absolute Gasteiger partial charge is 0.362 e. The minimum Gasteiger partial charge on any atom is -0.508 e. The summed E-state index contributed by atoms with van der Waals surface area (Å²) in [4.78, 5) is 285. The van der Waals surface area contributed by atoms with Gasteiger partial charge in [0.2, 0.25) is 88.6 Å². The molecule has 4 aromatic rings. The number of carbonyl (C=O) groups is 20. The zero-order valence-electron chi connectivity index (χ0n) is 77.0. The molecule has 0 unspecified atom stereocenters. The Morgan fingerprint density at radius 1 is 0.391 bits per heavy atom. The van der Waals surface area contributed by atoms with Crippen LogP contribution in [-0.2, 0) is 109 Å². The Morgan fingerprint density at radius 2 is 0.739 bits per heavy atom. The lowest BCUT2D eigenvalue weighted by atomic mass is 9.96. The number of nitrogens with zero attached hydrogens (tertiary/aromatic N) is 3. The number of phenolic OH excluding ortho intramolecular Hbond substituents is 2. The molecule has 0 saturated heterocycles. The number of carboxylic acids is 5. The number of unbranched alkanes of at least 4 members (excludes halogenated alkanes) is 4. The number of primary amides is 1. The maximum atomic E-state index is 15.0. The van der Waals surface area contributed by atoms with E-state index < -0.39 is 298 Å². The van der Waals surface area contributed by atoms with Crippen molar-refractivity contribution in [2.75, 3.05) is 32.7 Å². The number of carboxylic acid groups (broad SMARTS) is 5. The second-order valence-electron chi connectivity index (χ2n) is 32.9. The second kappa shape index (κ2) is 60.1. The SMILES string of the molecule is CC[C@H](C)[C@H](NC(=O)[C@H](CCC(=O)O)NC(=O)[C@H](CCC(=O)O)NC(=O)[C@H](CCC(=O)O)NC(=O)[C@H](C)N)C(=O)N[C@@H](Cc1ccc(O)cc1)C(=O)NCC(=O)N[C@@H](CCC(=O)O)C(=O)N[C@@H](Cc1cn(-c2cc3ccc(O)cc3oc2=O)nn1)C(=O)N[C@@H](CCC(=O)O)C(=O)N[C@@H](C)C(=O)N[C@@H](CCCCN)C(=O)N[C@@H](CCCCN)C(=O)N[C@@H](CCCCN)C(=O)N[C@@H](CCCCN)C(N)=O. The molecular formula is C86H129N23O29. The molecule has 52 heteroatoms. The molecule has 0 aliphatic heterocycles. The van der Waals surface area contributed by atoms with Crippen LogP contribution in [0.25, 0.3) is 16.7 Å². The number of phenols is 2. The van der Waals surface area contributed by atoms with Crippen LogP contribution in [0.5, 0.6) is 11.5 Å². The van der Waals surface area contributed by atoms with E-state index in [2.05, 4.69) is 84.7 Å². The number of rotatable bonds is 67. The molecular weight excluding hydrogens is 1820 g/mol. The number of hydrogen-bond acceptors (Lipinski definition) is 31. The van der Waals surface area contributed by atoms with E-state index in [1.54, 1.807) is 6.92 Å². The monoisotopic (exact) mass is 1950 g/mol. The molecule has 0 fully saturated rings. The van der Waals surface area contributed by atoms with E-state index in [9.17, 15) is 132 Å². The van der Waals surface area contributed by atoms with Gasteiger partial charge in [-0.1, -0.05) is 37.6 Å². The van der Waals surface area contributed by atoms with Gasteiger partial charge in [-0.2, -0.15) is 0 Å². The highest BCUT2D eigenvalue weighted by Crippen LogP contribution is 2.22. The van der Waals surface area contributed by atoms with Gasteiger partial charge in [0, 0.05) is 56.4 Å². The number of amides is 15. The van der Waals surface area contributed by atoms with Crippen molar-refractivity contribution in [3.8, 4) is 17.2 Å². The lowest BCUT2D eigenvalue weighted by Crippen LogP contribution is -2.61. The predicted octanol–water partition coefficient (Wildman–Crippen LogP) is -6.27. The van der Waals surface area contributed by atoms with E-state index in [4.69, 9.17) is 38.8 Å². The maximum Gasteiger partial charge on any atom is 0.362 e. The van der Waals surface area contributed by atoms with Crippen LogP contribution in [-0.4, -0.2) is 287 Å². The van der Waals surface area contributed by atoms with Gasteiger partial charge in [-0.15, -0.1) is 5.10 Å². The van der Waals surface area contributed by atoms with Gasteiger partial charge in [0.25, 0.3) is 0 Å². The first kappa shape index (κ1) is 116. The fourth-order valence-corrected chi connectivity index (χ4v) is 13.6. The van der Waals surface area contributed by atoms with Crippen LogP contribution in [0.3, 0.4) is 0 Å². The fraction of sp³-hybridized carbons (Fsp3) is 0.570. The van der Waals surface area contributed by atoms with Crippen LogP contribution in [0.4, 0.5) is 0 Å². The summed E-state index contributed by atoms with van der Waals surface area (Å²) in [5.41, 5.74) is 32.8. The van der Waals surface area contributed by atoms with Crippen molar-refractivity contribution in [3.05, 3.63) is 76.4 Å². The fourth-order valence-electron chi connectivity index (χ4n) is 13.6. The molecule has 0 saturated carbocycles. The van der Waals surface area contributed by atoms with Crippen molar-refractivity contribution in [3.63, 3.8) is 0 Å². The number of aliphatic carboxylic acids is 5. The van der Waals surface area contributed by atoms with Crippen molar-refractivity contribution >= 4 is 129 Å². The zero-order valence-corrected chi connectivity index (χ0v) is 77.0. The number of nitrogens with two attached hydrogens (primary N) is 6. The quantitative estimate of drug-likeness (QED) is 0.0144. The molecule has 0 radical (unpaired) electrons. The number of hydrogen-bond donors (Lipinski definition) is 27. The molecule has 15 atom stereocenters. The third-order valence-electron chi connectivity index (χ3n) is 21.7. The molecule has 15 amide bonds. The summed E-state index contributed by atoms with van der Waals surface area (Å²) in [6.07, 6.45) is -4.87. The van der Waals surface area contributed by atoms with E-state index in [0.717, 1.165) is 23.9 Å². The highest BCUT2D eigenvalue weighted by Gasteiger charge is 2.39. The molecule has 138 heavy (non-hydrogen) atoms. The van der Waals surface area contributed by atoms with Gasteiger partial charge in [-0.3, -0.25) is 95.9 Å². The molecule has 4 rings (SSSR count). The Hall–Kier alpha value is -14.4. The molecule has 762 valence electrons. The number of benzene rings is 2. The van der Waals surface area contributed by atoms with E-state index >= 15 is 4.79 Å². The molecule has 52 nitrogen and oxygen atoms in total. The van der Waals surface area contributed by atoms with Gasteiger partial charge in [0.1, 0.15) is 95.6 Å². The van der Waals surface area contributed by atoms with Crippen LogP contribution in [0.15, 0.2) is 63.9 Å². The van der Waals surface area contributed by atoms with Gasteiger partial charge in [0.05, 0.1) is 24.5 Å². The van der Waals surface area contributed by atoms with Gasteiger partial charge in [0.15, 0.2) is 5.69 Å². The first-order valence-electron chi connectivity index (χ1n) is 44.9. The van der Waals surface area contributed by atoms with Crippen LogP contribution in [0.2, 0.25) is 0 Å². The van der Waals surface area contributed by atoms with E-state index in [1.807, 2.05) is 0 Å². The first-order valence-corrected chi connectivity index (χ1v) is 44.9. The van der Waals surface area contributed by atoms with Crippen LogP contribution >= 0.6 is 0 Å². The summed E-state index contributed by atoms with van der Waals surface area (Å²) < 4.78 is 6.29. The molecule has 0 bridgehead atoms. The maximum absolute atomic E-state index is 15.0. The lowest BCUT2D eigenvalue weighted by Gasteiger charge is -2.29. The highest BCUT2D eigenvalue weighted by atomic mass is 16.4.